The van der Waals surface area contributed by atoms with Gasteiger partial charge in [0.2, 0.25) is 0 Å². The largest absolute Gasteiger partial charge is 0.383 e. The lowest BCUT2D eigenvalue weighted by molar-refractivity contribution is 0.210. The van der Waals surface area contributed by atoms with Gasteiger partial charge in [0.25, 0.3) is 0 Å². The molecule has 0 aliphatic heterocycles. The number of hydrogen-bond donors (Lipinski definition) is 2. The molecule has 0 saturated carbocycles. The monoisotopic (exact) mass is 223 g/mol. The minimum absolute atomic E-state index is 0.681. The number of ether oxygens (including phenoxy) is 1. The predicted octanol–water partition coefficient (Wildman–Crippen LogP) is 2.20. The van der Waals surface area contributed by atoms with Crippen molar-refractivity contribution in [2.24, 2.45) is 0 Å². The zero-order valence-electron chi connectivity index (χ0n) is 8.49. The van der Waals surface area contributed by atoms with Crippen LogP contribution < -0.4 is 5.32 Å². The topological polar surface area (TPSA) is 49.9 Å². The van der Waals surface area contributed by atoms with E-state index in [0.29, 0.717) is 6.61 Å². The van der Waals surface area contributed by atoms with E-state index in [9.17, 15) is 0 Å². The fraction of sp³-hybridized carbons (Fsp3) is 0.300. The highest BCUT2D eigenvalue weighted by molar-refractivity contribution is 7.08. The molecule has 0 aliphatic carbocycles. The summed E-state index contributed by atoms with van der Waals surface area (Å²) in [4.78, 5) is 0. The van der Waals surface area contributed by atoms with Crippen LogP contribution in [0, 0.1) is 0 Å². The lowest BCUT2D eigenvalue weighted by Gasteiger charge is -1.99. The Kier molecular flexibility index (Phi) is 3.37. The second-order valence-electron chi connectivity index (χ2n) is 3.10. The van der Waals surface area contributed by atoms with Crippen molar-refractivity contribution in [3.05, 3.63) is 22.9 Å². The highest BCUT2D eigenvalue weighted by Gasteiger charge is 2.02. The van der Waals surface area contributed by atoms with Gasteiger partial charge in [0.05, 0.1) is 12.3 Å². The molecule has 0 radical (unpaired) electrons. The molecule has 0 unspecified atom stereocenters. The average Bonchev–Trinajstić information content (AvgIpc) is 2.87. The molecule has 0 aromatic carbocycles. The summed E-state index contributed by atoms with van der Waals surface area (Å²) in [7, 11) is 1.68. The zero-order valence-corrected chi connectivity index (χ0v) is 9.30. The summed E-state index contributed by atoms with van der Waals surface area (Å²) in [6, 6.07) is 4.06. The summed E-state index contributed by atoms with van der Waals surface area (Å²) in [5.41, 5.74) is 2.21. The van der Waals surface area contributed by atoms with Gasteiger partial charge in [0.15, 0.2) is 0 Å². The molecule has 2 aromatic heterocycles. The molecule has 0 fully saturated rings. The first-order chi connectivity index (χ1) is 7.40. The summed E-state index contributed by atoms with van der Waals surface area (Å²) < 4.78 is 4.94. The highest BCUT2D eigenvalue weighted by atomic mass is 32.1. The fourth-order valence-corrected chi connectivity index (χ4v) is 1.91. The van der Waals surface area contributed by atoms with E-state index >= 15 is 0 Å². The summed E-state index contributed by atoms with van der Waals surface area (Å²) >= 11 is 1.68. The van der Waals surface area contributed by atoms with Gasteiger partial charge in [-0.25, -0.2) is 0 Å². The van der Waals surface area contributed by atoms with Gasteiger partial charge in [0.1, 0.15) is 5.82 Å². The van der Waals surface area contributed by atoms with Crippen LogP contribution in [0.4, 0.5) is 5.82 Å². The third kappa shape index (κ3) is 2.57. The molecule has 2 aromatic rings. The Hall–Kier alpha value is -1.33. The highest BCUT2D eigenvalue weighted by Crippen LogP contribution is 2.21. The van der Waals surface area contributed by atoms with Crippen LogP contribution in [-0.4, -0.2) is 30.5 Å². The first-order valence-corrected chi connectivity index (χ1v) is 5.65. The van der Waals surface area contributed by atoms with Crippen molar-refractivity contribution in [2.45, 2.75) is 0 Å². The van der Waals surface area contributed by atoms with E-state index in [2.05, 4.69) is 27.0 Å². The smallest absolute Gasteiger partial charge is 0.148 e. The molecule has 0 bridgehead atoms. The first-order valence-electron chi connectivity index (χ1n) is 4.71. The van der Waals surface area contributed by atoms with Gasteiger partial charge in [-0.1, -0.05) is 0 Å². The third-order valence-corrected chi connectivity index (χ3v) is 2.71. The maximum atomic E-state index is 4.94. The normalized spacial score (nSPS) is 10.5. The molecule has 0 saturated heterocycles. The quantitative estimate of drug-likeness (QED) is 0.764. The molecule has 80 valence electrons. The van der Waals surface area contributed by atoms with E-state index in [0.717, 1.165) is 18.1 Å². The minimum atomic E-state index is 0.681. The van der Waals surface area contributed by atoms with Crippen molar-refractivity contribution >= 4 is 17.2 Å². The number of nitrogens with one attached hydrogen (secondary N) is 2. The number of hydrogen-bond acceptors (Lipinski definition) is 4. The number of methoxy groups -OCH3 is 1. The van der Waals surface area contributed by atoms with Crippen LogP contribution in [0.2, 0.25) is 0 Å². The Morgan fingerprint density at radius 3 is 3.27 bits per heavy atom. The van der Waals surface area contributed by atoms with Crippen LogP contribution in [-0.2, 0) is 4.74 Å². The molecule has 0 spiro atoms. The van der Waals surface area contributed by atoms with Gasteiger partial charge in [-0.05, 0) is 11.4 Å². The SMILES string of the molecule is COCCNc1cc(-c2ccsc2)[nH]n1. The van der Waals surface area contributed by atoms with Crippen molar-refractivity contribution < 1.29 is 4.74 Å². The van der Waals surface area contributed by atoms with E-state index in [-0.39, 0.29) is 0 Å². The van der Waals surface area contributed by atoms with Gasteiger partial charge in [0, 0.05) is 30.7 Å². The van der Waals surface area contributed by atoms with E-state index < -0.39 is 0 Å². The zero-order chi connectivity index (χ0) is 10.5. The summed E-state index contributed by atoms with van der Waals surface area (Å²) in [6.07, 6.45) is 0. The first kappa shape index (κ1) is 10.2. The van der Waals surface area contributed by atoms with Crippen LogP contribution in [0.25, 0.3) is 11.3 Å². The number of nitrogens with zero attached hydrogens (tertiary/aromatic N) is 1. The Morgan fingerprint density at radius 1 is 1.60 bits per heavy atom. The van der Waals surface area contributed by atoms with Gasteiger partial charge in [-0.15, -0.1) is 0 Å². The predicted molar refractivity (Wildman–Crippen MR) is 62.3 cm³/mol. The maximum Gasteiger partial charge on any atom is 0.148 e. The lowest BCUT2D eigenvalue weighted by atomic mass is 10.2. The Balaban J connectivity index is 1.98. The molecule has 2 N–H and O–H groups in total. The summed E-state index contributed by atoms with van der Waals surface area (Å²) in [6.45, 7) is 1.45. The Bertz CT molecular complexity index is 396. The number of aromatic amines is 1. The summed E-state index contributed by atoms with van der Waals surface area (Å²) in [5, 5.41) is 14.4. The van der Waals surface area contributed by atoms with Crippen molar-refractivity contribution in [2.75, 3.05) is 25.6 Å². The van der Waals surface area contributed by atoms with Crippen LogP contribution in [0.15, 0.2) is 22.9 Å². The van der Waals surface area contributed by atoms with Gasteiger partial charge >= 0.3 is 0 Å². The maximum absolute atomic E-state index is 4.94. The molecule has 0 amide bonds. The molecular weight excluding hydrogens is 210 g/mol. The van der Waals surface area contributed by atoms with Gasteiger partial charge in [-0.3, -0.25) is 5.10 Å². The Morgan fingerprint density at radius 2 is 2.53 bits per heavy atom. The van der Waals surface area contributed by atoms with Crippen molar-refractivity contribution in [1.29, 1.82) is 0 Å². The van der Waals surface area contributed by atoms with Crippen LogP contribution in [0.1, 0.15) is 0 Å². The van der Waals surface area contributed by atoms with Crippen LogP contribution >= 0.6 is 11.3 Å². The van der Waals surface area contributed by atoms with Gasteiger partial charge < -0.3 is 10.1 Å². The Labute approximate surface area is 92.3 Å². The fourth-order valence-electron chi connectivity index (χ4n) is 1.26. The standard InChI is InChI=1S/C10H13N3OS/c1-14-4-3-11-10-6-9(12-13-10)8-2-5-15-7-8/h2,5-7H,3-4H2,1H3,(H2,11,12,13). The number of anilines is 1. The second kappa shape index (κ2) is 4.95. The number of H-pyrrole nitrogens is 1. The number of thiophene rings is 1. The van der Waals surface area contributed by atoms with Crippen LogP contribution in [0.5, 0.6) is 0 Å². The molecular formula is C10H13N3OS. The molecule has 0 atom stereocenters. The minimum Gasteiger partial charge on any atom is -0.383 e. The van der Waals surface area contributed by atoms with Crippen LogP contribution in [0.3, 0.4) is 0 Å². The number of rotatable bonds is 5. The van der Waals surface area contributed by atoms with Crippen molar-refractivity contribution in [3.63, 3.8) is 0 Å². The van der Waals surface area contributed by atoms with Gasteiger partial charge in [-0.2, -0.15) is 16.4 Å². The third-order valence-electron chi connectivity index (χ3n) is 2.02. The lowest BCUT2D eigenvalue weighted by Crippen LogP contribution is -2.07. The molecule has 2 rings (SSSR count). The molecule has 15 heavy (non-hydrogen) atoms. The number of aromatic nitrogens is 2. The molecule has 4 nitrogen and oxygen atoms in total. The van der Waals surface area contributed by atoms with Crippen molar-refractivity contribution in [3.8, 4) is 11.3 Å². The molecule has 5 heteroatoms. The van der Waals surface area contributed by atoms with E-state index in [4.69, 9.17) is 4.74 Å². The molecule has 0 aliphatic rings. The van der Waals surface area contributed by atoms with E-state index in [1.807, 2.05) is 11.4 Å². The average molecular weight is 223 g/mol. The van der Waals surface area contributed by atoms with E-state index in [1.165, 1.54) is 5.56 Å². The second-order valence-corrected chi connectivity index (χ2v) is 3.88. The molecule has 2 heterocycles. The van der Waals surface area contributed by atoms with Crippen molar-refractivity contribution in [1.82, 2.24) is 10.2 Å². The van der Waals surface area contributed by atoms with E-state index in [1.54, 1.807) is 18.4 Å². The summed E-state index contributed by atoms with van der Waals surface area (Å²) in [5.74, 6) is 0.855.